The van der Waals surface area contributed by atoms with E-state index in [-0.39, 0.29) is 5.82 Å². The Bertz CT molecular complexity index is 624. The third-order valence-corrected chi connectivity index (χ3v) is 2.67. The molecule has 2 aromatic rings. The van der Waals surface area contributed by atoms with Crippen LogP contribution in [0.2, 0.25) is 5.02 Å². The summed E-state index contributed by atoms with van der Waals surface area (Å²) < 4.78 is 12.8. The molecule has 0 heterocycles. The molecule has 0 unspecified atom stereocenters. The van der Waals surface area contributed by atoms with Crippen molar-refractivity contribution in [2.24, 2.45) is 0 Å². The summed E-state index contributed by atoms with van der Waals surface area (Å²) in [5, 5.41) is 9.75. The molecule has 0 bridgehead atoms. The zero-order chi connectivity index (χ0) is 13.0. The van der Waals surface area contributed by atoms with Gasteiger partial charge in [-0.1, -0.05) is 35.9 Å². The average molecular weight is 258 g/mol. The Morgan fingerprint density at radius 1 is 1.17 bits per heavy atom. The maximum absolute atomic E-state index is 12.8. The van der Waals surface area contributed by atoms with Crippen molar-refractivity contribution in [1.29, 1.82) is 5.26 Å². The van der Waals surface area contributed by atoms with Crippen LogP contribution >= 0.6 is 11.6 Å². The van der Waals surface area contributed by atoms with Gasteiger partial charge in [-0.2, -0.15) is 5.26 Å². The van der Waals surface area contributed by atoms with Gasteiger partial charge < -0.3 is 0 Å². The molecule has 2 rings (SSSR count). The highest BCUT2D eigenvalue weighted by Crippen LogP contribution is 2.19. The Balaban J connectivity index is 2.40. The molecule has 0 amide bonds. The molecule has 3 heteroatoms. The summed E-state index contributed by atoms with van der Waals surface area (Å²) in [4.78, 5) is 0. The molecule has 0 saturated carbocycles. The summed E-state index contributed by atoms with van der Waals surface area (Å²) in [5.74, 6) is -0.321. The van der Waals surface area contributed by atoms with Gasteiger partial charge in [-0.05, 0) is 41.5 Å². The van der Waals surface area contributed by atoms with Gasteiger partial charge in [-0.25, -0.2) is 4.39 Å². The zero-order valence-corrected chi connectivity index (χ0v) is 10.2. The summed E-state index contributed by atoms with van der Waals surface area (Å²) >= 11 is 5.88. The standard InChI is InChI=1S/C15H9ClFN/c16-14-3-1-2-11(9-14)8-13(10-18)12-4-6-15(17)7-5-12/h1-9H/b13-8-. The second-order valence-corrected chi connectivity index (χ2v) is 4.17. The molecule has 2 aromatic carbocycles. The Labute approximate surface area is 110 Å². The van der Waals surface area contributed by atoms with Crippen molar-refractivity contribution in [2.75, 3.05) is 0 Å². The second-order valence-electron chi connectivity index (χ2n) is 3.73. The van der Waals surface area contributed by atoms with Gasteiger partial charge in [0.1, 0.15) is 5.82 Å². The van der Waals surface area contributed by atoms with Crippen molar-refractivity contribution in [3.8, 4) is 6.07 Å². The van der Waals surface area contributed by atoms with Gasteiger partial charge in [0.15, 0.2) is 0 Å². The van der Waals surface area contributed by atoms with Crippen LogP contribution in [-0.2, 0) is 0 Å². The molecule has 0 radical (unpaired) electrons. The number of allylic oxidation sites excluding steroid dienone is 1. The van der Waals surface area contributed by atoms with Crippen molar-refractivity contribution in [3.63, 3.8) is 0 Å². The number of hydrogen-bond donors (Lipinski definition) is 0. The molecule has 1 nitrogen and oxygen atoms in total. The van der Waals surface area contributed by atoms with Crippen molar-refractivity contribution >= 4 is 23.3 Å². The Kier molecular flexibility index (Phi) is 3.76. The largest absolute Gasteiger partial charge is 0.207 e. The fraction of sp³-hybridized carbons (Fsp3) is 0. The van der Waals surface area contributed by atoms with E-state index >= 15 is 0 Å². The number of nitrogens with zero attached hydrogens (tertiary/aromatic N) is 1. The topological polar surface area (TPSA) is 23.8 Å². The van der Waals surface area contributed by atoms with Crippen molar-refractivity contribution in [1.82, 2.24) is 0 Å². The van der Waals surface area contributed by atoms with Crippen LogP contribution in [0, 0.1) is 17.1 Å². The number of benzene rings is 2. The summed E-state index contributed by atoms with van der Waals surface area (Å²) in [6, 6.07) is 15.1. The van der Waals surface area contributed by atoms with Crippen LogP contribution in [0.15, 0.2) is 48.5 Å². The normalized spacial score (nSPS) is 11.1. The fourth-order valence-electron chi connectivity index (χ4n) is 1.57. The molecular weight excluding hydrogens is 249 g/mol. The summed E-state index contributed by atoms with van der Waals surface area (Å²) in [6.45, 7) is 0. The molecule has 18 heavy (non-hydrogen) atoms. The lowest BCUT2D eigenvalue weighted by Gasteiger charge is -2.00. The predicted octanol–water partition coefficient (Wildman–Crippen LogP) is 4.54. The molecular formula is C15H9ClFN. The second kappa shape index (κ2) is 5.48. The van der Waals surface area contributed by atoms with E-state index in [0.717, 1.165) is 5.56 Å². The van der Waals surface area contributed by atoms with Crippen LogP contribution in [0.3, 0.4) is 0 Å². The third-order valence-electron chi connectivity index (χ3n) is 2.44. The monoisotopic (exact) mass is 257 g/mol. The van der Waals surface area contributed by atoms with E-state index in [0.29, 0.717) is 16.2 Å². The fourth-order valence-corrected chi connectivity index (χ4v) is 1.77. The summed E-state index contributed by atoms with van der Waals surface area (Å²) in [6.07, 6.45) is 1.72. The predicted molar refractivity (Wildman–Crippen MR) is 71.3 cm³/mol. The van der Waals surface area contributed by atoms with Crippen LogP contribution in [0.4, 0.5) is 4.39 Å². The Hall–Kier alpha value is -2.11. The van der Waals surface area contributed by atoms with Gasteiger partial charge in [0.25, 0.3) is 0 Å². The highest BCUT2D eigenvalue weighted by Gasteiger charge is 2.01. The molecule has 0 aliphatic heterocycles. The van der Waals surface area contributed by atoms with Crippen molar-refractivity contribution in [3.05, 3.63) is 70.5 Å². The minimum absolute atomic E-state index is 0.321. The SMILES string of the molecule is N#C/C(=C/c1cccc(Cl)c1)c1ccc(F)cc1. The maximum atomic E-state index is 12.8. The lowest BCUT2D eigenvalue weighted by Crippen LogP contribution is -1.83. The third kappa shape index (κ3) is 2.97. The number of nitriles is 1. The molecule has 0 aliphatic rings. The van der Waals surface area contributed by atoms with E-state index in [1.54, 1.807) is 30.3 Å². The van der Waals surface area contributed by atoms with E-state index in [9.17, 15) is 4.39 Å². The number of rotatable bonds is 2. The van der Waals surface area contributed by atoms with Gasteiger partial charge in [-0.3, -0.25) is 0 Å². The molecule has 0 spiro atoms. The van der Waals surface area contributed by atoms with E-state index in [2.05, 4.69) is 6.07 Å². The molecule has 0 aliphatic carbocycles. The van der Waals surface area contributed by atoms with Crippen LogP contribution < -0.4 is 0 Å². The highest BCUT2D eigenvalue weighted by atomic mass is 35.5. The van der Waals surface area contributed by atoms with Crippen LogP contribution in [0.1, 0.15) is 11.1 Å². The number of halogens is 2. The van der Waals surface area contributed by atoms with E-state index < -0.39 is 0 Å². The quantitative estimate of drug-likeness (QED) is 0.572. The molecule has 0 aromatic heterocycles. The van der Waals surface area contributed by atoms with Gasteiger partial charge in [0.05, 0.1) is 11.6 Å². The lowest BCUT2D eigenvalue weighted by atomic mass is 10.0. The molecule has 0 atom stereocenters. The number of hydrogen-bond acceptors (Lipinski definition) is 1. The van der Waals surface area contributed by atoms with Crippen LogP contribution in [0.25, 0.3) is 11.6 Å². The van der Waals surface area contributed by atoms with Crippen molar-refractivity contribution in [2.45, 2.75) is 0 Å². The van der Waals surface area contributed by atoms with Gasteiger partial charge >= 0.3 is 0 Å². The van der Waals surface area contributed by atoms with Crippen LogP contribution in [-0.4, -0.2) is 0 Å². The summed E-state index contributed by atoms with van der Waals surface area (Å²) in [5.41, 5.74) is 1.99. The summed E-state index contributed by atoms with van der Waals surface area (Å²) in [7, 11) is 0. The van der Waals surface area contributed by atoms with E-state index in [1.807, 2.05) is 12.1 Å². The first-order valence-corrected chi connectivity index (χ1v) is 5.70. The molecule has 0 saturated heterocycles. The zero-order valence-electron chi connectivity index (χ0n) is 9.40. The first-order chi connectivity index (χ1) is 8.69. The highest BCUT2D eigenvalue weighted by molar-refractivity contribution is 6.30. The minimum atomic E-state index is -0.321. The maximum Gasteiger partial charge on any atom is 0.123 e. The van der Waals surface area contributed by atoms with E-state index in [4.69, 9.17) is 16.9 Å². The molecule has 0 N–H and O–H groups in total. The molecule has 88 valence electrons. The van der Waals surface area contributed by atoms with Gasteiger partial charge in [0.2, 0.25) is 0 Å². The first kappa shape index (κ1) is 12.3. The molecule has 0 fully saturated rings. The lowest BCUT2D eigenvalue weighted by molar-refractivity contribution is 0.627. The minimum Gasteiger partial charge on any atom is -0.207 e. The smallest absolute Gasteiger partial charge is 0.123 e. The van der Waals surface area contributed by atoms with Gasteiger partial charge in [0, 0.05) is 5.02 Å². The average Bonchev–Trinajstić information content (AvgIpc) is 2.37. The van der Waals surface area contributed by atoms with E-state index in [1.165, 1.54) is 12.1 Å². The van der Waals surface area contributed by atoms with Gasteiger partial charge in [-0.15, -0.1) is 0 Å². The van der Waals surface area contributed by atoms with Crippen LogP contribution in [0.5, 0.6) is 0 Å². The van der Waals surface area contributed by atoms with Crippen molar-refractivity contribution < 1.29 is 4.39 Å². The Morgan fingerprint density at radius 3 is 2.50 bits per heavy atom. The first-order valence-electron chi connectivity index (χ1n) is 5.32. The Morgan fingerprint density at radius 2 is 1.89 bits per heavy atom.